The van der Waals surface area contributed by atoms with Crippen molar-refractivity contribution in [2.75, 3.05) is 0 Å². The number of benzene rings is 2. The van der Waals surface area contributed by atoms with Gasteiger partial charge in [0.05, 0.1) is 0 Å². The highest BCUT2D eigenvalue weighted by molar-refractivity contribution is 5.93. The van der Waals surface area contributed by atoms with Crippen molar-refractivity contribution in [2.45, 2.75) is 27.2 Å². The maximum absolute atomic E-state index is 10.9. The third-order valence-corrected chi connectivity index (χ3v) is 2.63. The highest BCUT2D eigenvalue weighted by Gasteiger charge is 2.03. The minimum absolute atomic E-state index is 0.392. The van der Waals surface area contributed by atoms with Gasteiger partial charge in [0.25, 0.3) is 0 Å². The van der Waals surface area contributed by atoms with E-state index >= 15 is 0 Å². The molecule has 2 aromatic rings. The molecule has 0 unspecified atom stereocenters. The summed E-state index contributed by atoms with van der Waals surface area (Å²) in [6, 6.07) is 15.5. The molecule has 2 aromatic carbocycles. The van der Waals surface area contributed by atoms with E-state index in [1.54, 1.807) is 12.1 Å². The van der Waals surface area contributed by atoms with Gasteiger partial charge in [-0.25, -0.2) is 0 Å². The van der Waals surface area contributed by atoms with Gasteiger partial charge in [0.15, 0.2) is 0 Å². The maximum atomic E-state index is 10.9. The van der Waals surface area contributed by atoms with Crippen LogP contribution in [0.25, 0.3) is 11.1 Å². The SMILES string of the molecule is CCC.Cc1ccccc1-c1ccc(C(N)=O)cc1. The zero-order valence-corrected chi connectivity index (χ0v) is 11.8. The molecule has 2 nitrogen and oxygen atoms in total. The summed E-state index contributed by atoms with van der Waals surface area (Å²) < 4.78 is 0. The number of nitrogens with two attached hydrogens (primary N) is 1. The molecule has 0 fully saturated rings. The lowest BCUT2D eigenvalue weighted by Crippen LogP contribution is -2.10. The van der Waals surface area contributed by atoms with E-state index in [1.807, 2.05) is 24.3 Å². The second kappa shape index (κ2) is 7.37. The predicted octanol–water partition coefficient (Wildman–Crippen LogP) is 4.18. The summed E-state index contributed by atoms with van der Waals surface area (Å²) in [5.74, 6) is -0.392. The van der Waals surface area contributed by atoms with Crippen molar-refractivity contribution in [2.24, 2.45) is 5.73 Å². The van der Waals surface area contributed by atoms with E-state index in [0.717, 1.165) is 5.56 Å². The van der Waals surface area contributed by atoms with Gasteiger partial charge >= 0.3 is 0 Å². The second-order valence-corrected chi connectivity index (χ2v) is 4.46. The van der Waals surface area contributed by atoms with Gasteiger partial charge in [-0.05, 0) is 35.7 Å². The van der Waals surface area contributed by atoms with E-state index in [2.05, 4.69) is 32.9 Å². The quantitative estimate of drug-likeness (QED) is 0.859. The van der Waals surface area contributed by atoms with Gasteiger partial charge < -0.3 is 5.73 Å². The van der Waals surface area contributed by atoms with Gasteiger partial charge in [0.1, 0.15) is 0 Å². The molecule has 2 heteroatoms. The van der Waals surface area contributed by atoms with Crippen molar-refractivity contribution in [1.82, 2.24) is 0 Å². The fourth-order valence-electron chi connectivity index (χ4n) is 1.71. The molecule has 0 atom stereocenters. The molecule has 2 rings (SSSR count). The monoisotopic (exact) mass is 255 g/mol. The molecule has 0 bridgehead atoms. The Bertz CT molecular complexity index is 529. The zero-order chi connectivity index (χ0) is 14.3. The Kier molecular flexibility index (Phi) is 5.80. The molecule has 0 spiro atoms. The van der Waals surface area contributed by atoms with Crippen molar-refractivity contribution in [3.8, 4) is 11.1 Å². The fourth-order valence-corrected chi connectivity index (χ4v) is 1.71. The van der Waals surface area contributed by atoms with Crippen molar-refractivity contribution in [3.63, 3.8) is 0 Å². The van der Waals surface area contributed by atoms with E-state index in [1.165, 1.54) is 17.5 Å². The molecule has 0 aliphatic heterocycles. The van der Waals surface area contributed by atoms with Gasteiger partial charge in [-0.2, -0.15) is 0 Å². The van der Waals surface area contributed by atoms with E-state index in [9.17, 15) is 4.79 Å². The number of hydrogen-bond donors (Lipinski definition) is 1. The first kappa shape index (κ1) is 15.0. The highest BCUT2D eigenvalue weighted by atomic mass is 16.1. The Labute approximate surface area is 115 Å². The molecule has 1 amide bonds. The molecule has 0 radical (unpaired) electrons. The van der Waals surface area contributed by atoms with Crippen LogP contribution in [0.3, 0.4) is 0 Å². The summed E-state index contributed by atoms with van der Waals surface area (Å²) in [6.07, 6.45) is 1.25. The van der Waals surface area contributed by atoms with Crippen LogP contribution in [0.2, 0.25) is 0 Å². The van der Waals surface area contributed by atoms with E-state index in [-0.39, 0.29) is 0 Å². The first-order chi connectivity index (χ1) is 9.10. The van der Waals surface area contributed by atoms with Crippen LogP contribution in [-0.2, 0) is 0 Å². The third-order valence-electron chi connectivity index (χ3n) is 2.63. The third kappa shape index (κ3) is 4.25. The van der Waals surface area contributed by atoms with Gasteiger partial charge in [-0.15, -0.1) is 0 Å². The highest BCUT2D eigenvalue weighted by Crippen LogP contribution is 2.23. The van der Waals surface area contributed by atoms with Crippen LogP contribution in [-0.4, -0.2) is 5.91 Å². The molecule has 0 aliphatic rings. The Morgan fingerprint density at radius 2 is 1.53 bits per heavy atom. The standard InChI is InChI=1S/C14H13NO.C3H8/c1-10-4-2-3-5-13(10)11-6-8-12(9-7-11)14(15)16;1-3-2/h2-9H,1H3,(H2,15,16);3H2,1-2H3. The molecule has 0 saturated carbocycles. The van der Waals surface area contributed by atoms with Crippen LogP contribution in [0.1, 0.15) is 36.2 Å². The van der Waals surface area contributed by atoms with Crippen molar-refractivity contribution >= 4 is 5.91 Å². The summed E-state index contributed by atoms with van der Waals surface area (Å²) in [4.78, 5) is 10.9. The Balaban J connectivity index is 0.000000550. The zero-order valence-electron chi connectivity index (χ0n) is 11.8. The first-order valence-electron chi connectivity index (χ1n) is 6.56. The molecule has 2 N–H and O–H groups in total. The van der Waals surface area contributed by atoms with Gasteiger partial charge in [0.2, 0.25) is 5.91 Å². The van der Waals surface area contributed by atoms with Gasteiger partial charge in [-0.3, -0.25) is 4.79 Å². The Morgan fingerprint density at radius 3 is 2.00 bits per heavy atom. The van der Waals surface area contributed by atoms with Gasteiger partial charge in [0, 0.05) is 5.56 Å². The molecule has 19 heavy (non-hydrogen) atoms. The van der Waals surface area contributed by atoms with Crippen LogP contribution in [0.15, 0.2) is 48.5 Å². The second-order valence-electron chi connectivity index (χ2n) is 4.46. The average Bonchev–Trinajstić information content (AvgIpc) is 2.40. The molecule has 0 heterocycles. The summed E-state index contributed by atoms with van der Waals surface area (Å²) in [5, 5.41) is 0. The minimum Gasteiger partial charge on any atom is -0.366 e. The molecule has 0 aromatic heterocycles. The number of rotatable bonds is 2. The van der Waals surface area contributed by atoms with Gasteiger partial charge in [-0.1, -0.05) is 56.7 Å². The number of aryl methyl sites for hydroxylation is 1. The smallest absolute Gasteiger partial charge is 0.248 e. The van der Waals surface area contributed by atoms with Crippen molar-refractivity contribution in [3.05, 3.63) is 59.7 Å². The largest absolute Gasteiger partial charge is 0.366 e. The van der Waals surface area contributed by atoms with E-state index in [0.29, 0.717) is 5.56 Å². The lowest BCUT2D eigenvalue weighted by molar-refractivity contribution is 0.100. The Morgan fingerprint density at radius 1 is 1.00 bits per heavy atom. The molecular weight excluding hydrogens is 234 g/mol. The fraction of sp³-hybridized carbons (Fsp3) is 0.235. The lowest BCUT2D eigenvalue weighted by atomic mass is 9.99. The summed E-state index contributed by atoms with van der Waals surface area (Å²) >= 11 is 0. The van der Waals surface area contributed by atoms with Crippen LogP contribution >= 0.6 is 0 Å². The van der Waals surface area contributed by atoms with Crippen LogP contribution in [0, 0.1) is 6.92 Å². The normalized spacial score (nSPS) is 9.42. The van der Waals surface area contributed by atoms with Crippen LogP contribution in [0.5, 0.6) is 0 Å². The maximum Gasteiger partial charge on any atom is 0.248 e. The van der Waals surface area contributed by atoms with Crippen LogP contribution < -0.4 is 5.73 Å². The number of amides is 1. The molecular formula is C17H21NO. The number of hydrogen-bond acceptors (Lipinski definition) is 1. The molecule has 0 saturated heterocycles. The van der Waals surface area contributed by atoms with Crippen LogP contribution in [0.4, 0.5) is 0 Å². The summed E-state index contributed by atoms with van der Waals surface area (Å²) in [5.41, 5.74) is 9.23. The van der Waals surface area contributed by atoms with E-state index in [4.69, 9.17) is 5.73 Å². The summed E-state index contributed by atoms with van der Waals surface area (Å²) in [6.45, 7) is 6.32. The molecule has 100 valence electrons. The first-order valence-corrected chi connectivity index (χ1v) is 6.56. The van der Waals surface area contributed by atoms with Crippen molar-refractivity contribution < 1.29 is 4.79 Å². The molecule has 0 aliphatic carbocycles. The minimum atomic E-state index is -0.392. The Hall–Kier alpha value is -2.09. The van der Waals surface area contributed by atoms with Crippen molar-refractivity contribution in [1.29, 1.82) is 0 Å². The number of primary amides is 1. The number of carbonyl (C=O) groups excluding carboxylic acids is 1. The average molecular weight is 255 g/mol. The topological polar surface area (TPSA) is 43.1 Å². The lowest BCUT2D eigenvalue weighted by Gasteiger charge is -2.05. The predicted molar refractivity (Wildman–Crippen MR) is 81.1 cm³/mol. The summed E-state index contributed by atoms with van der Waals surface area (Å²) in [7, 11) is 0. The number of carbonyl (C=O) groups is 1. The van der Waals surface area contributed by atoms with E-state index < -0.39 is 5.91 Å².